The van der Waals surface area contributed by atoms with Crippen LogP contribution in [0.4, 0.5) is 23.2 Å². The highest BCUT2D eigenvalue weighted by Gasteiger charge is 2.27. The summed E-state index contributed by atoms with van der Waals surface area (Å²) in [6.07, 6.45) is 0. The van der Waals surface area contributed by atoms with Crippen LogP contribution in [0.2, 0.25) is 0 Å². The van der Waals surface area contributed by atoms with E-state index in [1.54, 1.807) is 31.2 Å². The first-order valence-corrected chi connectivity index (χ1v) is 13.6. The molecule has 1 aliphatic rings. The minimum absolute atomic E-state index is 0.145. The zero-order valence-corrected chi connectivity index (χ0v) is 23.1. The number of piperazine rings is 1. The lowest BCUT2D eigenvalue weighted by Gasteiger charge is -2.37. The Balaban J connectivity index is 1.50. The lowest BCUT2D eigenvalue weighted by atomic mass is 10.1. The third-order valence-corrected chi connectivity index (χ3v) is 7.76. The Morgan fingerprint density at radius 2 is 1.38 bits per heavy atom. The molecule has 0 amide bonds. The van der Waals surface area contributed by atoms with Crippen LogP contribution in [0.1, 0.15) is 28.4 Å². The molecule has 0 saturated carbocycles. The molecule has 5 rings (SSSR count). The third-order valence-electron chi connectivity index (χ3n) is 7.76. The van der Waals surface area contributed by atoms with Crippen molar-refractivity contribution in [2.45, 2.75) is 32.6 Å². The first-order valence-electron chi connectivity index (χ1n) is 13.6. The summed E-state index contributed by atoms with van der Waals surface area (Å²) in [5, 5.41) is 0. The van der Waals surface area contributed by atoms with E-state index in [9.17, 15) is 27.2 Å². The van der Waals surface area contributed by atoms with E-state index < -0.39 is 47.1 Å². The van der Waals surface area contributed by atoms with E-state index in [2.05, 4.69) is 0 Å². The van der Waals surface area contributed by atoms with Gasteiger partial charge in [0.2, 0.25) is 0 Å². The number of aromatic nitrogens is 2. The fraction of sp³-hybridized carbons (Fsp3) is 0.290. The Morgan fingerprint density at radius 1 is 0.762 bits per heavy atom. The topological polar surface area (TPSA) is 76.5 Å². The van der Waals surface area contributed by atoms with Gasteiger partial charge in [-0.2, -0.15) is 0 Å². The Labute approximate surface area is 240 Å². The predicted molar refractivity (Wildman–Crippen MR) is 152 cm³/mol. The van der Waals surface area contributed by atoms with Gasteiger partial charge in [0.05, 0.1) is 13.1 Å². The number of nitrogens with two attached hydrogens (primary N) is 1. The second-order valence-electron chi connectivity index (χ2n) is 10.4. The molecule has 1 aromatic heterocycles. The van der Waals surface area contributed by atoms with Crippen molar-refractivity contribution in [1.82, 2.24) is 14.0 Å². The molecule has 1 atom stereocenters. The molecule has 42 heavy (non-hydrogen) atoms. The van der Waals surface area contributed by atoms with E-state index in [0.717, 1.165) is 28.3 Å². The van der Waals surface area contributed by atoms with E-state index in [1.807, 2.05) is 15.9 Å². The van der Waals surface area contributed by atoms with Crippen LogP contribution in [0.15, 0.2) is 76.3 Å². The summed E-state index contributed by atoms with van der Waals surface area (Å²) in [6, 6.07) is 15.8. The number of hydrogen-bond acceptors (Lipinski definition) is 5. The standard InChI is InChI=1S/C31H31F4N5O2/c1-20-29(38-15-13-37(14-16-38)17-22-9-5-12-26(34)28(22)35)30(41)40(19-27(36)21-7-3-2-4-8-21)31(42)39(20)18-23-24(32)10-6-11-25(23)33/h2-12,27H,13-19,36H2,1H3. The van der Waals surface area contributed by atoms with Crippen LogP contribution in [0.25, 0.3) is 0 Å². The van der Waals surface area contributed by atoms with Crippen molar-refractivity contribution in [2.24, 2.45) is 5.73 Å². The highest BCUT2D eigenvalue weighted by atomic mass is 19.2. The average Bonchev–Trinajstić information content (AvgIpc) is 2.98. The maximum atomic E-state index is 14.6. The molecular formula is C31H31F4N5O2. The maximum Gasteiger partial charge on any atom is 0.331 e. The van der Waals surface area contributed by atoms with Crippen LogP contribution in [0.3, 0.4) is 0 Å². The summed E-state index contributed by atoms with van der Waals surface area (Å²) in [5.41, 5.74) is 6.25. The summed E-state index contributed by atoms with van der Waals surface area (Å²) >= 11 is 0. The number of anilines is 1. The number of rotatable bonds is 8. The van der Waals surface area contributed by atoms with E-state index >= 15 is 0 Å². The van der Waals surface area contributed by atoms with Crippen LogP contribution in [-0.4, -0.2) is 40.2 Å². The van der Waals surface area contributed by atoms with Crippen molar-refractivity contribution in [3.63, 3.8) is 0 Å². The van der Waals surface area contributed by atoms with Crippen molar-refractivity contribution in [3.8, 4) is 0 Å². The lowest BCUT2D eigenvalue weighted by Crippen LogP contribution is -2.51. The van der Waals surface area contributed by atoms with Gasteiger partial charge in [-0.05, 0) is 30.7 Å². The molecule has 7 nitrogen and oxygen atoms in total. The fourth-order valence-corrected chi connectivity index (χ4v) is 5.38. The molecule has 0 bridgehead atoms. The normalized spacial score (nSPS) is 14.8. The molecule has 3 aromatic carbocycles. The van der Waals surface area contributed by atoms with Crippen molar-refractivity contribution in [2.75, 3.05) is 31.1 Å². The molecule has 1 aliphatic heterocycles. The molecule has 220 valence electrons. The molecular weight excluding hydrogens is 550 g/mol. The summed E-state index contributed by atoms with van der Waals surface area (Å²) in [6.45, 7) is 2.77. The van der Waals surface area contributed by atoms with Gasteiger partial charge in [-0.3, -0.25) is 18.8 Å². The van der Waals surface area contributed by atoms with E-state index in [0.29, 0.717) is 26.2 Å². The average molecular weight is 582 g/mol. The molecule has 2 heterocycles. The molecule has 0 aliphatic carbocycles. The quantitative estimate of drug-likeness (QED) is 0.319. The lowest BCUT2D eigenvalue weighted by molar-refractivity contribution is 0.245. The van der Waals surface area contributed by atoms with Gasteiger partial charge in [-0.1, -0.05) is 48.5 Å². The van der Waals surface area contributed by atoms with Gasteiger partial charge >= 0.3 is 5.69 Å². The summed E-state index contributed by atoms with van der Waals surface area (Å²) in [7, 11) is 0. The number of nitrogens with zero attached hydrogens (tertiary/aromatic N) is 4. The first kappa shape index (κ1) is 29.3. The van der Waals surface area contributed by atoms with Gasteiger partial charge in [0.15, 0.2) is 11.6 Å². The third kappa shape index (κ3) is 5.88. The highest BCUT2D eigenvalue weighted by Crippen LogP contribution is 2.21. The zero-order chi connectivity index (χ0) is 30.0. The second kappa shape index (κ2) is 12.3. The molecule has 11 heteroatoms. The molecule has 0 radical (unpaired) electrons. The van der Waals surface area contributed by atoms with E-state index in [-0.39, 0.29) is 35.6 Å². The van der Waals surface area contributed by atoms with Crippen molar-refractivity contribution >= 4 is 5.69 Å². The maximum absolute atomic E-state index is 14.6. The Bertz CT molecular complexity index is 1680. The van der Waals surface area contributed by atoms with Crippen LogP contribution >= 0.6 is 0 Å². The van der Waals surface area contributed by atoms with Crippen LogP contribution in [-0.2, 0) is 19.6 Å². The fourth-order valence-electron chi connectivity index (χ4n) is 5.38. The minimum atomic E-state index is -0.912. The Hall–Kier alpha value is -4.22. The van der Waals surface area contributed by atoms with Crippen molar-refractivity contribution in [1.29, 1.82) is 0 Å². The molecule has 0 spiro atoms. The van der Waals surface area contributed by atoms with Gasteiger partial charge in [-0.15, -0.1) is 0 Å². The van der Waals surface area contributed by atoms with E-state index in [1.165, 1.54) is 22.8 Å². The van der Waals surface area contributed by atoms with Gasteiger partial charge in [0, 0.05) is 55.6 Å². The SMILES string of the molecule is Cc1c(N2CCN(Cc3cccc(F)c3F)CC2)c(=O)n(CC(N)c2ccccc2)c(=O)n1Cc1c(F)cccc1F. The monoisotopic (exact) mass is 581 g/mol. The van der Waals surface area contributed by atoms with Gasteiger partial charge in [0.1, 0.15) is 17.3 Å². The van der Waals surface area contributed by atoms with Crippen LogP contribution < -0.4 is 21.9 Å². The molecule has 4 aromatic rings. The Kier molecular flexibility index (Phi) is 8.60. The second-order valence-corrected chi connectivity index (χ2v) is 10.4. The van der Waals surface area contributed by atoms with Crippen molar-refractivity contribution in [3.05, 3.63) is 133 Å². The summed E-state index contributed by atoms with van der Waals surface area (Å²) < 4.78 is 59.4. The van der Waals surface area contributed by atoms with Crippen LogP contribution in [0.5, 0.6) is 0 Å². The molecule has 1 saturated heterocycles. The van der Waals surface area contributed by atoms with Crippen molar-refractivity contribution < 1.29 is 17.6 Å². The number of benzene rings is 3. The smallest absolute Gasteiger partial charge is 0.331 e. The largest absolute Gasteiger partial charge is 0.363 e. The highest BCUT2D eigenvalue weighted by molar-refractivity contribution is 5.50. The van der Waals surface area contributed by atoms with Crippen LogP contribution in [0, 0.1) is 30.2 Å². The Morgan fingerprint density at radius 3 is 2.05 bits per heavy atom. The van der Waals surface area contributed by atoms with Gasteiger partial charge < -0.3 is 10.6 Å². The summed E-state index contributed by atoms with van der Waals surface area (Å²) in [4.78, 5) is 31.3. The number of hydrogen-bond donors (Lipinski definition) is 1. The van der Waals surface area contributed by atoms with Gasteiger partial charge in [-0.25, -0.2) is 22.4 Å². The first-order chi connectivity index (χ1) is 20.2. The number of halogens is 4. The molecule has 1 fully saturated rings. The molecule has 1 unspecified atom stereocenters. The van der Waals surface area contributed by atoms with Gasteiger partial charge in [0.25, 0.3) is 5.56 Å². The minimum Gasteiger partial charge on any atom is -0.363 e. The summed E-state index contributed by atoms with van der Waals surface area (Å²) in [5.74, 6) is -3.41. The zero-order valence-electron chi connectivity index (χ0n) is 23.1. The predicted octanol–water partition coefficient (Wildman–Crippen LogP) is 3.95. The molecule has 2 N–H and O–H groups in total. The van der Waals surface area contributed by atoms with E-state index in [4.69, 9.17) is 5.73 Å².